The Balaban J connectivity index is 1.04. The number of carbonyl (C=O) groups is 2. The SMILES string of the molecule is CS(=O)(=O)Oc1cccc(NC(=O)Nc2cccc(OS(=O)(=O)c3ccc(-c4ccc(S(=O)(=O)Oc5cccc(NC(=O)Nc6cccc(OS(C)(=O)=O)c6)c5)cc4)cc3)c2)c1. The van der Waals surface area contributed by atoms with E-state index in [2.05, 4.69) is 21.3 Å². The van der Waals surface area contributed by atoms with Crippen LogP contribution in [0.2, 0.25) is 0 Å². The predicted molar refractivity (Wildman–Crippen MR) is 229 cm³/mol. The standard InChI is InChI=1S/C40H34N4O14S4/c1-59(47,48)55-33-11-3-7-29(23-33)41-39(45)43-31-9-5-13-35(25-31)57-61(51,52)37-19-15-27(16-20-37)28-17-21-38(22-18-28)62(53,54)58-36-14-6-10-32(26-36)44-40(46)42-30-8-4-12-34(24-30)56-60(2,49)50/h3-26H,1-2H3,(H2,41,43,45)(H2,42,44,46). The molecule has 0 aliphatic heterocycles. The zero-order valence-corrected chi connectivity index (χ0v) is 35.5. The molecule has 62 heavy (non-hydrogen) atoms. The van der Waals surface area contributed by atoms with Crippen LogP contribution in [-0.2, 0) is 40.5 Å². The average molecular weight is 923 g/mol. The van der Waals surface area contributed by atoms with Crippen LogP contribution in [0.25, 0.3) is 11.1 Å². The minimum Gasteiger partial charge on any atom is -0.383 e. The molecule has 0 aliphatic carbocycles. The molecule has 0 fully saturated rings. The van der Waals surface area contributed by atoms with Gasteiger partial charge in [-0.3, -0.25) is 0 Å². The molecule has 322 valence electrons. The van der Waals surface area contributed by atoms with Gasteiger partial charge in [0.05, 0.1) is 12.5 Å². The third-order valence-electron chi connectivity index (χ3n) is 7.89. The van der Waals surface area contributed by atoms with Gasteiger partial charge < -0.3 is 38.0 Å². The summed E-state index contributed by atoms with van der Waals surface area (Å²) in [6.07, 6.45) is 1.76. The summed E-state index contributed by atoms with van der Waals surface area (Å²) < 4.78 is 119. The van der Waals surface area contributed by atoms with Gasteiger partial charge in [0.1, 0.15) is 32.8 Å². The molecule has 0 atom stereocenters. The summed E-state index contributed by atoms with van der Waals surface area (Å²) in [5.41, 5.74) is 1.91. The first-order valence-electron chi connectivity index (χ1n) is 17.6. The van der Waals surface area contributed by atoms with Crippen LogP contribution >= 0.6 is 0 Å². The van der Waals surface area contributed by atoms with E-state index in [1.54, 1.807) is 0 Å². The molecule has 6 aromatic rings. The maximum Gasteiger partial charge on any atom is 0.339 e. The van der Waals surface area contributed by atoms with Crippen molar-refractivity contribution in [3.63, 3.8) is 0 Å². The third kappa shape index (κ3) is 12.9. The van der Waals surface area contributed by atoms with Crippen LogP contribution < -0.4 is 38.0 Å². The largest absolute Gasteiger partial charge is 0.383 e. The molecule has 22 heteroatoms. The second-order valence-corrected chi connectivity index (χ2v) is 19.2. The molecule has 6 rings (SSSR count). The third-order valence-corrected chi connectivity index (χ3v) is 11.4. The zero-order valence-electron chi connectivity index (χ0n) is 32.2. The Kier molecular flexibility index (Phi) is 13.1. The number of hydrogen-bond donors (Lipinski definition) is 4. The van der Waals surface area contributed by atoms with Crippen LogP contribution in [0.3, 0.4) is 0 Å². The predicted octanol–water partition coefficient (Wildman–Crippen LogP) is 6.85. The summed E-state index contributed by atoms with van der Waals surface area (Å²) in [4.78, 5) is 24.8. The van der Waals surface area contributed by atoms with E-state index in [9.17, 15) is 43.3 Å². The van der Waals surface area contributed by atoms with Gasteiger partial charge in [-0.15, -0.1) is 0 Å². The van der Waals surface area contributed by atoms with E-state index in [-0.39, 0.29) is 55.5 Å². The molecular weight excluding hydrogens is 889 g/mol. The first-order chi connectivity index (χ1) is 29.2. The van der Waals surface area contributed by atoms with Gasteiger partial charge in [-0.25, -0.2) is 9.59 Å². The van der Waals surface area contributed by atoms with Crippen LogP contribution in [0.5, 0.6) is 23.0 Å². The van der Waals surface area contributed by atoms with Crippen molar-refractivity contribution in [3.8, 4) is 34.1 Å². The Bertz CT molecular complexity index is 2880. The molecule has 0 saturated heterocycles. The lowest BCUT2D eigenvalue weighted by Gasteiger charge is -2.12. The first kappa shape index (κ1) is 44.4. The smallest absolute Gasteiger partial charge is 0.339 e. The number of hydrogen-bond acceptors (Lipinski definition) is 14. The van der Waals surface area contributed by atoms with Gasteiger partial charge in [-0.2, -0.15) is 33.7 Å². The van der Waals surface area contributed by atoms with Crippen molar-refractivity contribution in [2.24, 2.45) is 0 Å². The molecule has 0 unspecified atom stereocenters. The highest BCUT2D eigenvalue weighted by molar-refractivity contribution is 7.87. The second kappa shape index (κ2) is 18.2. The van der Waals surface area contributed by atoms with Crippen LogP contribution in [0.1, 0.15) is 0 Å². The number of carbonyl (C=O) groups excluding carboxylic acids is 2. The van der Waals surface area contributed by atoms with Crippen LogP contribution in [0, 0.1) is 0 Å². The first-order valence-corrected chi connectivity index (χ1v) is 24.1. The summed E-state index contributed by atoms with van der Waals surface area (Å²) in [5, 5.41) is 10.1. The second-order valence-electron chi connectivity index (χ2n) is 13.0. The number of rotatable bonds is 15. The van der Waals surface area contributed by atoms with Crippen LogP contribution in [-0.4, -0.2) is 58.2 Å². The lowest BCUT2D eigenvalue weighted by molar-refractivity contribution is 0.261. The Hall–Kier alpha value is -7.14. The summed E-state index contributed by atoms with van der Waals surface area (Å²) in [6, 6.07) is 32.4. The van der Waals surface area contributed by atoms with E-state index in [1.807, 2.05) is 0 Å². The van der Waals surface area contributed by atoms with Crippen molar-refractivity contribution in [2.75, 3.05) is 33.8 Å². The average Bonchev–Trinajstić information content (AvgIpc) is 3.17. The monoisotopic (exact) mass is 922 g/mol. The van der Waals surface area contributed by atoms with Crippen molar-refractivity contribution >= 4 is 75.3 Å². The van der Waals surface area contributed by atoms with E-state index in [0.717, 1.165) is 12.5 Å². The highest BCUT2D eigenvalue weighted by Gasteiger charge is 2.20. The van der Waals surface area contributed by atoms with Gasteiger partial charge in [0.2, 0.25) is 0 Å². The van der Waals surface area contributed by atoms with E-state index in [4.69, 9.17) is 16.7 Å². The van der Waals surface area contributed by atoms with Gasteiger partial charge in [-0.1, -0.05) is 48.5 Å². The van der Waals surface area contributed by atoms with Crippen molar-refractivity contribution < 1.29 is 60.0 Å². The molecule has 0 aromatic heterocycles. The Morgan fingerprint density at radius 2 is 0.629 bits per heavy atom. The molecular formula is C40H34N4O14S4. The fraction of sp³-hybridized carbons (Fsp3) is 0.0500. The molecule has 0 heterocycles. The van der Waals surface area contributed by atoms with Crippen LogP contribution in [0.15, 0.2) is 155 Å². The lowest BCUT2D eigenvalue weighted by atomic mass is 10.1. The lowest BCUT2D eigenvalue weighted by Crippen LogP contribution is -2.19. The maximum atomic E-state index is 13.2. The molecule has 4 amide bonds. The minimum absolute atomic E-state index is 0.0110. The normalized spacial score (nSPS) is 11.7. The topological polar surface area (TPSA) is 256 Å². The zero-order chi connectivity index (χ0) is 44.7. The summed E-state index contributed by atoms with van der Waals surface area (Å²) in [5.74, 6) is -0.234. The molecule has 0 saturated carbocycles. The van der Waals surface area contributed by atoms with Gasteiger partial charge in [0.15, 0.2) is 0 Å². The van der Waals surface area contributed by atoms with Gasteiger partial charge in [-0.05, 0) is 83.9 Å². The van der Waals surface area contributed by atoms with Crippen molar-refractivity contribution in [1.82, 2.24) is 0 Å². The van der Waals surface area contributed by atoms with Crippen LogP contribution in [0.4, 0.5) is 32.3 Å². The number of urea groups is 2. The highest BCUT2D eigenvalue weighted by atomic mass is 32.2. The fourth-order valence-corrected chi connectivity index (χ4v) is 8.17. The molecule has 18 nitrogen and oxygen atoms in total. The fourth-order valence-electron chi connectivity index (χ4n) is 5.42. The number of anilines is 4. The molecule has 0 bridgehead atoms. The van der Waals surface area contributed by atoms with Gasteiger partial charge in [0.25, 0.3) is 0 Å². The number of amides is 4. The minimum atomic E-state index is -4.35. The molecule has 6 aromatic carbocycles. The number of nitrogens with one attached hydrogen (secondary N) is 4. The molecule has 4 N–H and O–H groups in total. The van der Waals surface area contributed by atoms with E-state index >= 15 is 0 Å². The van der Waals surface area contributed by atoms with E-state index in [1.165, 1.54) is 146 Å². The van der Waals surface area contributed by atoms with Crippen molar-refractivity contribution in [1.29, 1.82) is 0 Å². The van der Waals surface area contributed by atoms with E-state index in [0.29, 0.717) is 11.1 Å². The summed E-state index contributed by atoms with van der Waals surface area (Å²) in [6.45, 7) is 0. The van der Waals surface area contributed by atoms with Crippen molar-refractivity contribution in [3.05, 3.63) is 146 Å². The Labute approximate surface area is 356 Å². The maximum absolute atomic E-state index is 13.2. The quantitative estimate of drug-likeness (QED) is 0.0769. The highest BCUT2D eigenvalue weighted by Crippen LogP contribution is 2.28. The van der Waals surface area contributed by atoms with Gasteiger partial charge in [0, 0.05) is 47.0 Å². The molecule has 0 aliphatic rings. The Morgan fingerprint density at radius 3 is 0.887 bits per heavy atom. The van der Waals surface area contributed by atoms with Crippen molar-refractivity contribution in [2.45, 2.75) is 9.79 Å². The summed E-state index contributed by atoms with van der Waals surface area (Å²) >= 11 is 0. The van der Waals surface area contributed by atoms with Gasteiger partial charge >= 0.3 is 52.5 Å². The molecule has 0 spiro atoms. The summed E-state index contributed by atoms with van der Waals surface area (Å²) in [7, 11) is -16.3. The molecule has 0 radical (unpaired) electrons. The van der Waals surface area contributed by atoms with E-state index < -0.39 is 52.5 Å². The Morgan fingerprint density at radius 1 is 0.371 bits per heavy atom. The number of benzene rings is 6.